The number of anilines is 3. The number of benzene rings is 2. The minimum atomic E-state index is -0.353. The van der Waals surface area contributed by atoms with Crippen LogP contribution in [0.25, 0.3) is 0 Å². The molecule has 2 aromatic carbocycles. The molecule has 0 aliphatic carbocycles. The number of rotatable bonds is 4. The highest BCUT2D eigenvalue weighted by atomic mass is 16.3. The minimum absolute atomic E-state index is 0.0960. The predicted octanol–water partition coefficient (Wildman–Crippen LogP) is 3.88. The van der Waals surface area contributed by atoms with Crippen LogP contribution < -0.4 is 16.0 Å². The van der Waals surface area contributed by atoms with E-state index in [0.717, 1.165) is 18.4 Å². The van der Waals surface area contributed by atoms with Gasteiger partial charge >= 0.3 is 12.1 Å². The number of para-hydroxylation sites is 1. The van der Waals surface area contributed by atoms with Gasteiger partial charge in [-0.05, 0) is 55.5 Å². The molecule has 1 aliphatic rings. The monoisotopic (exact) mass is 382 g/mol. The van der Waals surface area contributed by atoms with Crippen molar-refractivity contribution < 1.29 is 14.7 Å². The number of amides is 4. The third-order valence-corrected chi connectivity index (χ3v) is 4.83. The first-order valence-corrected chi connectivity index (χ1v) is 9.45. The molecule has 0 bridgehead atoms. The van der Waals surface area contributed by atoms with E-state index in [0.29, 0.717) is 30.2 Å². The van der Waals surface area contributed by atoms with E-state index in [9.17, 15) is 14.7 Å². The molecule has 1 saturated heterocycles. The first-order chi connectivity index (χ1) is 13.5. The van der Waals surface area contributed by atoms with E-state index >= 15 is 0 Å². The Hall–Kier alpha value is -3.06. The van der Waals surface area contributed by atoms with Crippen LogP contribution >= 0.6 is 0 Å². The summed E-state index contributed by atoms with van der Waals surface area (Å²) >= 11 is 0. The molecule has 7 nitrogen and oxygen atoms in total. The van der Waals surface area contributed by atoms with Crippen molar-refractivity contribution in [3.05, 3.63) is 54.1 Å². The molecule has 4 amide bonds. The van der Waals surface area contributed by atoms with Gasteiger partial charge in [-0.15, -0.1) is 0 Å². The lowest BCUT2D eigenvalue weighted by Crippen LogP contribution is -2.43. The smallest absolute Gasteiger partial charge is 0.323 e. The Balaban J connectivity index is 1.62. The summed E-state index contributed by atoms with van der Waals surface area (Å²) in [6, 6.07) is 14.0. The highest BCUT2D eigenvalue weighted by Crippen LogP contribution is 2.22. The van der Waals surface area contributed by atoms with E-state index in [1.165, 1.54) is 0 Å². The number of piperidine rings is 1. The van der Waals surface area contributed by atoms with Crippen LogP contribution in [0.3, 0.4) is 0 Å². The Morgan fingerprint density at radius 1 is 1.07 bits per heavy atom. The van der Waals surface area contributed by atoms with Crippen LogP contribution in [-0.2, 0) is 0 Å². The molecule has 1 fully saturated rings. The van der Waals surface area contributed by atoms with E-state index in [2.05, 4.69) is 16.0 Å². The van der Waals surface area contributed by atoms with Crippen LogP contribution in [0.5, 0.6) is 0 Å². The summed E-state index contributed by atoms with van der Waals surface area (Å²) in [5.41, 5.74) is 2.83. The van der Waals surface area contributed by atoms with Crippen LogP contribution in [0.1, 0.15) is 18.4 Å². The summed E-state index contributed by atoms with van der Waals surface area (Å²) < 4.78 is 0. The van der Waals surface area contributed by atoms with Gasteiger partial charge in [-0.25, -0.2) is 9.59 Å². The van der Waals surface area contributed by atoms with Crippen LogP contribution in [0.4, 0.5) is 26.7 Å². The van der Waals surface area contributed by atoms with Gasteiger partial charge in [-0.3, -0.25) is 0 Å². The first-order valence-electron chi connectivity index (χ1n) is 9.45. The number of likely N-dealkylation sites (tertiary alicyclic amines) is 1. The summed E-state index contributed by atoms with van der Waals surface area (Å²) in [5.74, 6) is 0.135. The van der Waals surface area contributed by atoms with Crippen LogP contribution in [-0.4, -0.2) is 41.8 Å². The zero-order chi connectivity index (χ0) is 19.9. The Bertz CT molecular complexity index is 826. The molecule has 7 heteroatoms. The van der Waals surface area contributed by atoms with E-state index in [1.54, 1.807) is 29.2 Å². The maximum absolute atomic E-state index is 12.6. The number of hydrogen-bond acceptors (Lipinski definition) is 3. The Labute approximate surface area is 164 Å². The summed E-state index contributed by atoms with van der Waals surface area (Å²) in [4.78, 5) is 26.5. The van der Waals surface area contributed by atoms with Gasteiger partial charge in [-0.1, -0.05) is 24.3 Å². The molecule has 28 heavy (non-hydrogen) atoms. The Morgan fingerprint density at radius 2 is 1.82 bits per heavy atom. The van der Waals surface area contributed by atoms with Crippen molar-refractivity contribution in [3.63, 3.8) is 0 Å². The number of nitrogens with zero attached hydrogens (tertiary/aromatic N) is 1. The van der Waals surface area contributed by atoms with Gasteiger partial charge < -0.3 is 26.0 Å². The average molecular weight is 382 g/mol. The average Bonchev–Trinajstić information content (AvgIpc) is 2.71. The molecule has 148 valence electrons. The van der Waals surface area contributed by atoms with Crippen LogP contribution in [0.2, 0.25) is 0 Å². The SMILES string of the molecule is Cc1ccc(NC(=O)Nc2ccccc2)cc1NC(=O)N1CCCC(CO)C1. The largest absolute Gasteiger partial charge is 0.396 e. The minimum Gasteiger partial charge on any atom is -0.396 e. The molecular formula is C21H26N4O3. The molecule has 0 spiro atoms. The highest BCUT2D eigenvalue weighted by molar-refractivity contribution is 6.00. The van der Waals surface area contributed by atoms with Gasteiger partial charge in [0, 0.05) is 36.8 Å². The van der Waals surface area contributed by atoms with Crippen molar-refractivity contribution >= 4 is 29.1 Å². The van der Waals surface area contributed by atoms with E-state index in [1.807, 2.05) is 31.2 Å². The topological polar surface area (TPSA) is 93.7 Å². The van der Waals surface area contributed by atoms with Crippen molar-refractivity contribution in [2.75, 3.05) is 35.6 Å². The summed E-state index contributed by atoms with van der Waals surface area (Å²) in [5, 5.41) is 17.8. The lowest BCUT2D eigenvalue weighted by Gasteiger charge is -2.32. The lowest BCUT2D eigenvalue weighted by atomic mass is 9.99. The fourth-order valence-electron chi connectivity index (χ4n) is 3.24. The number of nitrogens with one attached hydrogen (secondary N) is 3. The second-order valence-electron chi connectivity index (χ2n) is 7.04. The number of aryl methyl sites for hydroxylation is 1. The summed E-state index contributed by atoms with van der Waals surface area (Å²) in [6.07, 6.45) is 1.83. The van der Waals surface area contributed by atoms with Crippen molar-refractivity contribution in [1.29, 1.82) is 0 Å². The maximum atomic E-state index is 12.6. The van der Waals surface area contributed by atoms with E-state index in [-0.39, 0.29) is 24.6 Å². The number of aliphatic hydroxyl groups is 1. The van der Waals surface area contributed by atoms with Gasteiger partial charge in [0.15, 0.2) is 0 Å². The van der Waals surface area contributed by atoms with Gasteiger partial charge in [0.1, 0.15) is 0 Å². The molecule has 0 aromatic heterocycles. The Kier molecular flexibility index (Phi) is 6.49. The molecule has 3 rings (SSSR count). The standard InChI is InChI=1S/C21H26N4O3/c1-15-9-10-18(23-20(27)22-17-7-3-2-4-8-17)12-19(15)24-21(28)25-11-5-6-16(13-25)14-26/h2-4,7-10,12,16,26H,5-6,11,13-14H2,1H3,(H,24,28)(H2,22,23,27). The zero-order valence-corrected chi connectivity index (χ0v) is 15.9. The van der Waals surface area contributed by atoms with Crippen LogP contribution in [0.15, 0.2) is 48.5 Å². The third kappa shape index (κ3) is 5.23. The maximum Gasteiger partial charge on any atom is 0.323 e. The van der Waals surface area contributed by atoms with Gasteiger partial charge in [0.05, 0.1) is 0 Å². The van der Waals surface area contributed by atoms with Gasteiger partial charge in [0.25, 0.3) is 0 Å². The second kappa shape index (κ2) is 9.23. The molecule has 1 heterocycles. The quantitative estimate of drug-likeness (QED) is 0.646. The van der Waals surface area contributed by atoms with E-state index < -0.39 is 0 Å². The molecule has 0 saturated carbocycles. The predicted molar refractivity (Wildman–Crippen MR) is 111 cm³/mol. The number of hydrogen-bond donors (Lipinski definition) is 4. The molecule has 1 atom stereocenters. The molecule has 1 unspecified atom stereocenters. The van der Waals surface area contributed by atoms with Crippen LogP contribution in [0, 0.1) is 12.8 Å². The van der Waals surface area contributed by atoms with Crippen molar-refractivity contribution in [2.45, 2.75) is 19.8 Å². The molecule has 4 N–H and O–H groups in total. The number of carbonyl (C=O) groups excluding carboxylic acids is 2. The number of carbonyl (C=O) groups is 2. The van der Waals surface area contributed by atoms with Gasteiger partial charge in [-0.2, -0.15) is 0 Å². The second-order valence-corrected chi connectivity index (χ2v) is 7.04. The summed E-state index contributed by atoms with van der Waals surface area (Å²) in [7, 11) is 0. The van der Waals surface area contributed by atoms with Crippen molar-refractivity contribution in [1.82, 2.24) is 4.90 Å². The molecule has 0 radical (unpaired) electrons. The lowest BCUT2D eigenvalue weighted by molar-refractivity contribution is 0.136. The molecule has 1 aliphatic heterocycles. The molecule has 2 aromatic rings. The normalized spacial score (nSPS) is 16.4. The summed E-state index contributed by atoms with van der Waals surface area (Å²) in [6.45, 7) is 3.23. The molecular weight excluding hydrogens is 356 g/mol. The number of urea groups is 2. The van der Waals surface area contributed by atoms with E-state index in [4.69, 9.17) is 0 Å². The fraction of sp³-hybridized carbons (Fsp3) is 0.333. The Morgan fingerprint density at radius 3 is 2.57 bits per heavy atom. The third-order valence-electron chi connectivity index (χ3n) is 4.83. The van der Waals surface area contributed by atoms with Crippen molar-refractivity contribution in [2.24, 2.45) is 5.92 Å². The zero-order valence-electron chi connectivity index (χ0n) is 15.9. The number of aliphatic hydroxyl groups excluding tert-OH is 1. The first kappa shape index (κ1) is 19.7. The van der Waals surface area contributed by atoms with Crippen molar-refractivity contribution in [3.8, 4) is 0 Å². The highest BCUT2D eigenvalue weighted by Gasteiger charge is 2.23. The van der Waals surface area contributed by atoms with Gasteiger partial charge in [0.2, 0.25) is 0 Å². The fourth-order valence-corrected chi connectivity index (χ4v) is 3.24.